The largest absolute Gasteiger partial charge is 0.472 e. The van der Waals surface area contributed by atoms with Crippen LogP contribution in [-0.2, 0) is 19.1 Å². The lowest BCUT2D eigenvalue weighted by atomic mass is 9.54. The van der Waals surface area contributed by atoms with Crippen LogP contribution < -0.4 is 0 Å². The molecule has 3 heterocycles. The molecule has 4 aliphatic rings. The predicted octanol–water partition coefficient (Wildman–Crippen LogP) is 3.32. The first-order valence-corrected chi connectivity index (χ1v) is 8.78. The molecule has 5 heteroatoms. The first kappa shape index (κ1) is 14.3. The maximum atomic E-state index is 13.0. The molecule has 2 fully saturated rings. The lowest BCUT2D eigenvalue weighted by molar-refractivity contribution is -0.156. The summed E-state index contributed by atoms with van der Waals surface area (Å²) in [6, 6.07) is 1.86. The highest BCUT2D eigenvalue weighted by Gasteiger charge is 2.64. The molecule has 2 aliphatic carbocycles. The molecule has 1 aromatic rings. The minimum atomic E-state index is -0.534. The van der Waals surface area contributed by atoms with Gasteiger partial charge in [0.2, 0.25) is 0 Å². The van der Waals surface area contributed by atoms with Gasteiger partial charge in [0.05, 0.1) is 17.9 Å². The molecule has 24 heavy (non-hydrogen) atoms. The molecule has 126 valence electrons. The number of rotatable bonds is 1. The van der Waals surface area contributed by atoms with Crippen molar-refractivity contribution in [1.82, 2.24) is 0 Å². The van der Waals surface area contributed by atoms with Gasteiger partial charge >= 0.3 is 11.9 Å². The third-order valence-corrected chi connectivity index (χ3v) is 6.62. The quantitative estimate of drug-likeness (QED) is 0.740. The Balaban J connectivity index is 1.59. The van der Waals surface area contributed by atoms with Gasteiger partial charge in [0.25, 0.3) is 0 Å². The molecule has 0 amide bonds. The van der Waals surface area contributed by atoms with Gasteiger partial charge in [-0.15, -0.1) is 0 Å². The zero-order chi connectivity index (χ0) is 16.5. The summed E-state index contributed by atoms with van der Waals surface area (Å²) in [5.74, 6) is -0.0730. The molecule has 5 unspecified atom stereocenters. The Morgan fingerprint density at radius 1 is 1.21 bits per heavy atom. The summed E-state index contributed by atoms with van der Waals surface area (Å²) in [6.45, 7) is 2.11. The van der Waals surface area contributed by atoms with Crippen molar-refractivity contribution < 1.29 is 23.5 Å². The Morgan fingerprint density at radius 2 is 2.08 bits per heavy atom. The summed E-state index contributed by atoms with van der Waals surface area (Å²) in [6.07, 6.45) is 6.92. The molecule has 5 nitrogen and oxygen atoms in total. The monoisotopic (exact) mass is 328 g/mol. The number of esters is 2. The third kappa shape index (κ3) is 1.65. The Kier molecular flexibility index (Phi) is 2.83. The fourth-order valence-corrected chi connectivity index (χ4v) is 5.48. The Bertz CT molecular complexity index is 746. The van der Waals surface area contributed by atoms with Crippen molar-refractivity contribution in [3.05, 3.63) is 35.3 Å². The van der Waals surface area contributed by atoms with Gasteiger partial charge in [0, 0.05) is 23.5 Å². The summed E-state index contributed by atoms with van der Waals surface area (Å²) in [5.41, 5.74) is 2.32. The molecule has 1 saturated carbocycles. The Morgan fingerprint density at radius 3 is 2.88 bits per heavy atom. The number of ether oxygens (including phenoxy) is 2. The van der Waals surface area contributed by atoms with E-state index in [0.29, 0.717) is 12.8 Å². The van der Waals surface area contributed by atoms with E-state index < -0.39 is 5.41 Å². The maximum absolute atomic E-state index is 13.0. The molecule has 5 atom stereocenters. The van der Waals surface area contributed by atoms with Gasteiger partial charge in [-0.3, -0.25) is 4.79 Å². The van der Waals surface area contributed by atoms with E-state index >= 15 is 0 Å². The van der Waals surface area contributed by atoms with Gasteiger partial charge in [0.1, 0.15) is 12.2 Å². The Hall–Kier alpha value is -2.04. The molecule has 5 rings (SSSR count). The van der Waals surface area contributed by atoms with Crippen LogP contribution in [0.2, 0.25) is 0 Å². The van der Waals surface area contributed by atoms with Crippen LogP contribution in [0.3, 0.4) is 0 Å². The van der Waals surface area contributed by atoms with Crippen molar-refractivity contribution in [2.75, 3.05) is 0 Å². The average Bonchev–Trinajstić information content (AvgIpc) is 3.26. The highest BCUT2D eigenvalue weighted by atomic mass is 16.6. The van der Waals surface area contributed by atoms with Gasteiger partial charge in [-0.05, 0) is 43.2 Å². The molecule has 1 saturated heterocycles. The second-order valence-electron chi connectivity index (χ2n) is 7.60. The highest BCUT2D eigenvalue weighted by molar-refractivity contribution is 5.93. The van der Waals surface area contributed by atoms with Crippen LogP contribution >= 0.6 is 0 Å². The van der Waals surface area contributed by atoms with E-state index in [4.69, 9.17) is 13.9 Å². The predicted molar refractivity (Wildman–Crippen MR) is 82.6 cm³/mol. The number of fused-ring (bicyclic) bond motifs is 1. The summed E-state index contributed by atoms with van der Waals surface area (Å²) < 4.78 is 16.6. The smallest absolute Gasteiger partial charge is 0.334 e. The zero-order valence-corrected chi connectivity index (χ0v) is 13.6. The van der Waals surface area contributed by atoms with E-state index in [0.717, 1.165) is 36.0 Å². The van der Waals surface area contributed by atoms with Crippen molar-refractivity contribution in [2.45, 2.75) is 51.2 Å². The van der Waals surface area contributed by atoms with Crippen molar-refractivity contribution in [2.24, 2.45) is 17.3 Å². The van der Waals surface area contributed by atoms with Gasteiger partial charge in [0.15, 0.2) is 0 Å². The van der Waals surface area contributed by atoms with E-state index in [1.54, 1.807) is 12.5 Å². The molecular weight excluding hydrogens is 308 g/mol. The number of hydrogen-bond acceptors (Lipinski definition) is 5. The van der Waals surface area contributed by atoms with Crippen LogP contribution in [0.4, 0.5) is 0 Å². The molecule has 0 N–H and O–H groups in total. The average molecular weight is 328 g/mol. The lowest BCUT2D eigenvalue weighted by Crippen LogP contribution is -2.49. The molecule has 2 aliphatic heterocycles. The number of cyclic esters (lactones) is 1. The fraction of sp³-hybridized carbons (Fsp3) is 0.579. The summed E-state index contributed by atoms with van der Waals surface area (Å²) >= 11 is 0. The number of hydrogen-bond donors (Lipinski definition) is 0. The molecular formula is C19H20O5. The summed E-state index contributed by atoms with van der Waals surface area (Å²) in [4.78, 5) is 25.2. The standard InChI is InChI=1S/C19H20O5/c1-10-7-14-16-12(17(20)23-14)3-2-4-13(16)19(10)8-15(24-18(19)21)11-5-6-22-9-11/h5-6,9-10,13-15H,2-4,7-8H2,1H3. The summed E-state index contributed by atoms with van der Waals surface area (Å²) in [5, 5.41) is 0. The fourth-order valence-electron chi connectivity index (χ4n) is 5.48. The Labute approximate surface area is 140 Å². The topological polar surface area (TPSA) is 65.7 Å². The van der Waals surface area contributed by atoms with E-state index in [1.165, 1.54) is 0 Å². The maximum Gasteiger partial charge on any atom is 0.334 e. The van der Waals surface area contributed by atoms with Crippen LogP contribution in [0.15, 0.2) is 34.2 Å². The van der Waals surface area contributed by atoms with E-state index in [2.05, 4.69) is 6.92 Å². The lowest BCUT2D eigenvalue weighted by Gasteiger charge is -2.47. The normalized spacial score (nSPS) is 40.7. The van der Waals surface area contributed by atoms with Crippen LogP contribution in [0, 0.1) is 17.3 Å². The second-order valence-corrected chi connectivity index (χ2v) is 7.60. The van der Waals surface area contributed by atoms with Crippen LogP contribution in [0.25, 0.3) is 0 Å². The van der Waals surface area contributed by atoms with Gasteiger partial charge < -0.3 is 13.9 Å². The van der Waals surface area contributed by atoms with Gasteiger partial charge in [-0.2, -0.15) is 0 Å². The molecule has 1 spiro atoms. The molecule has 0 bridgehead atoms. The van der Waals surface area contributed by atoms with Crippen molar-refractivity contribution in [1.29, 1.82) is 0 Å². The van der Waals surface area contributed by atoms with Gasteiger partial charge in [-0.25, -0.2) is 4.79 Å². The van der Waals surface area contributed by atoms with Crippen LogP contribution in [0.5, 0.6) is 0 Å². The SMILES string of the molecule is CC1CC2OC(=O)C3=C2C(CCC3)C12CC(c1ccoc1)OC2=O. The second kappa shape index (κ2) is 4.74. The minimum absolute atomic E-state index is 0.0749. The van der Waals surface area contributed by atoms with Crippen molar-refractivity contribution in [3.8, 4) is 0 Å². The summed E-state index contributed by atoms with van der Waals surface area (Å²) in [7, 11) is 0. The van der Waals surface area contributed by atoms with Crippen LogP contribution in [-0.4, -0.2) is 18.0 Å². The third-order valence-electron chi connectivity index (χ3n) is 6.62. The molecule has 0 aromatic carbocycles. The number of furan rings is 1. The highest BCUT2D eigenvalue weighted by Crippen LogP contribution is 2.62. The van der Waals surface area contributed by atoms with E-state index in [9.17, 15) is 9.59 Å². The van der Waals surface area contributed by atoms with Crippen molar-refractivity contribution >= 4 is 11.9 Å². The minimum Gasteiger partial charge on any atom is -0.472 e. The molecule has 0 radical (unpaired) electrons. The first-order valence-electron chi connectivity index (χ1n) is 8.78. The molecule has 1 aromatic heterocycles. The zero-order valence-electron chi connectivity index (χ0n) is 13.6. The van der Waals surface area contributed by atoms with Gasteiger partial charge in [-0.1, -0.05) is 6.92 Å². The van der Waals surface area contributed by atoms with E-state index in [-0.39, 0.29) is 36.0 Å². The number of carbonyl (C=O) groups is 2. The van der Waals surface area contributed by atoms with Crippen LogP contribution in [0.1, 0.15) is 50.7 Å². The van der Waals surface area contributed by atoms with E-state index in [1.807, 2.05) is 6.07 Å². The number of carbonyl (C=O) groups excluding carboxylic acids is 2. The first-order chi connectivity index (χ1) is 11.6. The van der Waals surface area contributed by atoms with Crippen molar-refractivity contribution in [3.63, 3.8) is 0 Å².